The summed E-state index contributed by atoms with van der Waals surface area (Å²) in [5, 5.41) is 13.4. The highest BCUT2D eigenvalue weighted by Gasteiger charge is 2.20. The van der Waals surface area contributed by atoms with Crippen LogP contribution in [-0.4, -0.2) is 22.2 Å². The molecule has 1 aliphatic carbocycles. The van der Waals surface area contributed by atoms with E-state index < -0.39 is 0 Å². The van der Waals surface area contributed by atoms with Gasteiger partial charge in [-0.3, -0.25) is 4.98 Å². The first-order valence-corrected chi connectivity index (χ1v) is 6.17. The summed E-state index contributed by atoms with van der Waals surface area (Å²) in [4.78, 5) is 4.27. The van der Waals surface area contributed by atoms with Crippen molar-refractivity contribution in [3.63, 3.8) is 0 Å². The summed E-state index contributed by atoms with van der Waals surface area (Å²) in [6.07, 6.45) is 7.25. The first kappa shape index (κ1) is 11.6. The summed E-state index contributed by atoms with van der Waals surface area (Å²) < 4.78 is 0. The minimum Gasteiger partial charge on any atom is -0.392 e. The third-order valence-corrected chi connectivity index (χ3v) is 3.25. The number of aliphatic hydroxyl groups is 1. The van der Waals surface area contributed by atoms with E-state index in [1.54, 1.807) is 6.20 Å². The van der Waals surface area contributed by atoms with Crippen molar-refractivity contribution in [3.8, 4) is 0 Å². The van der Waals surface area contributed by atoms with Crippen LogP contribution in [0.25, 0.3) is 0 Å². The number of rotatable bonds is 3. The van der Waals surface area contributed by atoms with Gasteiger partial charge in [-0.05, 0) is 25.0 Å². The first-order valence-electron chi connectivity index (χ1n) is 6.17. The van der Waals surface area contributed by atoms with Gasteiger partial charge in [-0.1, -0.05) is 25.3 Å². The van der Waals surface area contributed by atoms with E-state index >= 15 is 0 Å². The molecule has 0 bridgehead atoms. The van der Waals surface area contributed by atoms with Gasteiger partial charge >= 0.3 is 0 Å². The number of nitrogens with zero attached hydrogens (tertiary/aromatic N) is 1. The van der Waals surface area contributed by atoms with Crippen LogP contribution in [-0.2, 0) is 6.54 Å². The summed E-state index contributed by atoms with van der Waals surface area (Å²) in [6.45, 7) is 0.753. The van der Waals surface area contributed by atoms with Gasteiger partial charge in [0.25, 0.3) is 0 Å². The molecule has 3 heteroatoms. The molecule has 0 spiro atoms. The second-order valence-electron chi connectivity index (χ2n) is 4.51. The Hall–Kier alpha value is -0.930. The van der Waals surface area contributed by atoms with Gasteiger partial charge in [-0.15, -0.1) is 0 Å². The van der Waals surface area contributed by atoms with Crippen LogP contribution in [0.4, 0.5) is 0 Å². The zero-order chi connectivity index (χ0) is 11.2. The Labute approximate surface area is 96.9 Å². The number of hydrogen-bond acceptors (Lipinski definition) is 3. The number of aliphatic hydroxyl groups excluding tert-OH is 1. The van der Waals surface area contributed by atoms with E-state index in [0.717, 1.165) is 31.5 Å². The molecule has 0 amide bonds. The lowest BCUT2D eigenvalue weighted by molar-refractivity contribution is 0.119. The maximum atomic E-state index is 9.94. The van der Waals surface area contributed by atoms with Crippen molar-refractivity contribution in [2.45, 2.75) is 50.8 Å². The molecule has 1 fully saturated rings. The molecule has 1 aliphatic rings. The lowest BCUT2D eigenvalue weighted by Crippen LogP contribution is -2.38. The first-order chi connectivity index (χ1) is 7.86. The number of pyridine rings is 1. The average Bonchev–Trinajstić information content (AvgIpc) is 2.53. The summed E-state index contributed by atoms with van der Waals surface area (Å²) in [6, 6.07) is 6.16. The third-order valence-electron chi connectivity index (χ3n) is 3.25. The van der Waals surface area contributed by atoms with Crippen molar-refractivity contribution in [2.75, 3.05) is 0 Å². The molecule has 2 N–H and O–H groups in total. The Balaban J connectivity index is 1.84. The molecule has 0 radical (unpaired) electrons. The molecular weight excluding hydrogens is 200 g/mol. The fourth-order valence-corrected chi connectivity index (χ4v) is 2.26. The zero-order valence-corrected chi connectivity index (χ0v) is 9.60. The summed E-state index contributed by atoms with van der Waals surface area (Å²) in [5.74, 6) is 0. The fourth-order valence-electron chi connectivity index (χ4n) is 2.26. The maximum absolute atomic E-state index is 9.94. The molecule has 0 saturated heterocycles. The van der Waals surface area contributed by atoms with Gasteiger partial charge in [0.15, 0.2) is 0 Å². The molecule has 88 valence electrons. The van der Waals surface area contributed by atoms with E-state index in [9.17, 15) is 5.11 Å². The van der Waals surface area contributed by atoms with Crippen LogP contribution in [0, 0.1) is 0 Å². The lowest BCUT2D eigenvalue weighted by Gasteiger charge is -2.21. The number of hydrogen-bond donors (Lipinski definition) is 2. The monoisotopic (exact) mass is 220 g/mol. The predicted octanol–water partition coefficient (Wildman–Crippen LogP) is 1.86. The molecule has 1 heterocycles. The highest BCUT2D eigenvalue weighted by Crippen LogP contribution is 2.18. The molecular formula is C13H20N2O. The minimum absolute atomic E-state index is 0.189. The highest BCUT2D eigenvalue weighted by molar-refractivity contribution is 5.03. The molecule has 3 nitrogen and oxygen atoms in total. The molecule has 2 unspecified atom stereocenters. The average molecular weight is 220 g/mol. The lowest BCUT2D eigenvalue weighted by atomic mass is 10.1. The van der Waals surface area contributed by atoms with Crippen LogP contribution >= 0.6 is 0 Å². The van der Waals surface area contributed by atoms with Gasteiger partial charge in [0.1, 0.15) is 0 Å². The Morgan fingerprint density at radius 3 is 2.94 bits per heavy atom. The van der Waals surface area contributed by atoms with Crippen LogP contribution in [0.3, 0.4) is 0 Å². The van der Waals surface area contributed by atoms with Crippen molar-refractivity contribution >= 4 is 0 Å². The standard InChI is InChI=1S/C13H20N2O/c16-13-8-3-1-2-7-12(13)15-10-11-6-4-5-9-14-11/h4-6,9,12-13,15-16H,1-3,7-8,10H2. The molecule has 2 rings (SSSR count). The topological polar surface area (TPSA) is 45.1 Å². The Morgan fingerprint density at radius 2 is 2.12 bits per heavy atom. The summed E-state index contributed by atoms with van der Waals surface area (Å²) in [7, 11) is 0. The van der Waals surface area contributed by atoms with Crippen LogP contribution < -0.4 is 5.32 Å². The quantitative estimate of drug-likeness (QED) is 0.764. The van der Waals surface area contributed by atoms with Crippen LogP contribution in [0.2, 0.25) is 0 Å². The molecule has 1 aromatic rings. The van der Waals surface area contributed by atoms with Gasteiger partial charge in [-0.2, -0.15) is 0 Å². The second-order valence-corrected chi connectivity index (χ2v) is 4.51. The summed E-state index contributed by atoms with van der Waals surface area (Å²) >= 11 is 0. The largest absolute Gasteiger partial charge is 0.392 e. The maximum Gasteiger partial charge on any atom is 0.0693 e. The molecule has 1 saturated carbocycles. The second kappa shape index (κ2) is 5.97. The predicted molar refractivity (Wildman–Crippen MR) is 64.0 cm³/mol. The van der Waals surface area contributed by atoms with Gasteiger partial charge in [0.05, 0.1) is 11.8 Å². The van der Waals surface area contributed by atoms with Crippen molar-refractivity contribution in [1.82, 2.24) is 10.3 Å². The third kappa shape index (κ3) is 3.29. The molecule has 2 atom stereocenters. The fraction of sp³-hybridized carbons (Fsp3) is 0.615. The van der Waals surface area contributed by atoms with Gasteiger partial charge in [-0.25, -0.2) is 0 Å². The van der Waals surface area contributed by atoms with E-state index in [2.05, 4.69) is 10.3 Å². The normalized spacial score (nSPS) is 26.3. The van der Waals surface area contributed by atoms with E-state index in [4.69, 9.17) is 0 Å². The Bertz CT molecular complexity index is 302. The van der Waals surface area contributed by atoms with Gasteiger partial charge in [0, 0.05) is 18.8 Å². The Morgan fingerprint density at radius 1 is 1.25 bits per heavy atom. The smallest absolute Gasteiger partial charge is 0.0693 e. The van der Waals surface area contributed by atoms with Crippen LogP contribution in [0.1, 0.15) is 37.8 Å². The van der Waals surface area contributed by atoms with Crippen LogP contribution in [0.15, 0.2) is 24.4 Å². The molecule has 16 heavy (non-hydrogen) atoms. The highest BCUT2D eigenvalue weighted by atomic mass is 16.3. The number of aromatic nitrogens is 1. The van der Waals surface area contributed by atoms with E-state index in [0.29, 0.717) is 0 Å². The summed E-state index contributed by atoms with van der Waals surface area (Å²) in [5.41, 5.74) is 1.04. The number of nitrogens with one attached hydrogen (secondary N) is 1. The molecule has 0 aromatic carbocycles. The molecule has 1 aromatic heterocycles. The zero-order valence-electron chi connectivity index (χ0n) is 9.60. The van der Waals surface area contributed by atoms with Crippen LogP contribution in [0.5, 0.6) is 0 Å². The van der Waals surface area contributed by atoms with Crippen molar-refractivity contribution in [2.24, 2.45) is 0 Å². The molecule has 0 aliphatic heterocycles. The van der Waals surface area contributed by atoms with Gasteiger partial charge < -0.3 is 10.4 Å². The van der Waals surface area contributed by atoms with E-state index in [-0.39, 0.29) is 12.1 Å². The minimum atomic E-state index is -0.189. The Kier molecular flexibility index (Phi) is 4.31. The van der Waals surface area contributed by atoms with Crippen molar-refractivity contribution < 1.29 is 5.11 Å². The SMILES string of the molecule is OC1CCCCCC1NCc1ccccn1. The van der Waals surface area contributed by atoms with Crippen molar-refractivity contribution in [1.29, 1.82) is 0 Å². The van der Waals surface area contributed by atoms with Crippen molar-refractivity contribution in [3.05, 3.63) is 30.1 Å². The van der Waals surface area contributed by atoms with E-state index in [1.807, 2.05) is 18.2 Å². The van der Waals surface area contributed by atoms with Gasteiger partial charge in [0.2, 0.25) is 0 Å². The van der Waals surface area contributed by atoms with E-state index in [1.165, 1.54) is 12.8 Å².